The van der Waals surface area contributed by atoms with Crippen molar-refractivity contribution in [1.82, 2.24) is 0 Å². The summed E-state index contributed by atoms with van der Waals surface area (Å²) < 4.78 is 1.04. The van der Waals surface area contributed by atoms with Gasteiger partial charge in [-0.3, -0.25) is 0 Å². The molecule has 0 saturated carbocycles. The van der Waals surface area contributed by atoms with Gasteiger partial charge in [-0.05, 0) is 22.0 Å². The van der Waals surface area contributed by atoms with Crippen molar-refractivity contribution >= 4 is 19.4 Å². The first-order valence-corrected chi connectivity index (χ1v) is 13.2. The van der Waals surface area contributed by atoms with Crippen LogP contribution in [0.3, 0.4) is 0 Å². The number of para-hydroxylation sites is 1. The van der Waals surface area contributed by atoms with Crippen LogP contribution in [-0.2, 0) is 21.7 Å². The van der Waals surface area contributed by atoms with E-state index in [1.807, 2.05) is 30.3 Å². The maximum Gasteiger partial charge on any atom is 0.123 e. The smallest absolute Gasteiger partial charge is 0.123 e. The van der Waals surface area contributed by atoms with E-state index in [0.29, 0.717) is 11.5 Å². The number of hydrogen-bond donors (Lipinski definition) is 2. The fourth-order valence-corrected chi connectivity index (χ4v) is 4.58. The molecule has 0 bridgehead atoms. The molecule has 0 radical (unpaired) electrons. The van der Waals surface area contributed by atoms with Gasteiger partial charge >= 0.3 is 116 Å². The quantitative estimate of drug-likeness (QED) is 0.411. The minimum atomic E-state index is -0.187. The summed E-state index contributed by atoms with van der Waals surface area (Å²) in [4.78, 5) is 2.24. The molecule has 0 aliphatic rings. The molecule has 2 aromatic rings. The van der Waals surface area contributed by atoms with Gasteiger partial charge in [-0.25, -0.2) is 0 Å². The standard InChI is InChI=1S/C15H21NOSe.C14H22O/c1-14(2,3)11-7-10(18-9-16)8-12(13(11)17)15(4,5)6;1-13(2,3)10-8-7-9-11(12(10)15)14(4,5)6/h7-8,17H,1-6H3;7-9,15H,1-6H3. The minimum Gasteiger partial charge on any atom is -0.507 e. The molecule has 4 heteroatoms. The number of nitrogens with zero attached hydrogens (tertiary/aromatic N) is 1. The molecule has 2 rings (SSSR count). The van der Waals surface area contributed by atoms with Gasteiger partial charge in [0.1, 0.15) is 5.75 Å². The molecule has 3 nitrogen and oxygen atoms in total. The van der Waals surface area contributed by atoms with E-state index >= 15 is 0 Å². The first-order chi connectivity index (χ1) is 14.7. The third kappa shape index (κ3) is 7.80. The van der Waals surface area contributed by atoms with Crippen LogP contribution < -0.4 is 4.46 Å². The number of aromatic hydroxyl groups is 2. The van der Waals surface area contributed by atoms with Crippen LogP contribution in [0.25, 0.3) is 0 Å². The molecule has 2 aromatic carbocycles. The Hall–Kier alpha value is -1.95. The largest absolute Gasteiger partial charge is 0.507 e. The average molecular weight is 517 g/mol. The van der Waals surface area contributed by atoms with Gasteiger partial charge in [-0.2, -0.15) is 0 Å². The molecule has 0 unspecified atom stereocenters. The summed E-state index contributed by atoms with van der Waals surface area (Å²) in [7, 11) is 0. The molecule has 0 aliphatic carbocycles. The van der Waals surface area contributed by atoms with Crippen LogP contribution in [0.4, 0.5) is 0 Å². The second-order valence-electron chi connectivity index (χ2n) is 12.8. The Kier molecular flexibility index (Phi) is 8.92. The first kappa shape index (κ1) is 29.1. The van der Waals surface area contributed by atoms with Crippen LogP contribution in [0.5, 0.6) is 11.5 Å². The Bertz CT molecular complexity index is 937. The van der Waals surface area contributed by atoms with Gasteiger partial charge < -0.3 is 5.11 Å². The number of nitriles is 1. The fraction of sp³-hybridized carbons (Fsp3) is 0.552. The van der Waals surface area contributed by atoms with Gasteiger partial charge in [0.05, 0.1) is 0 Å². The summed E-state index contributed by atoms with van der Waals surface area (Å²) in [5, 5.41) is 29.6. The Balaban J connectivity index is 0.000000335. The van der Waals surface area contributed by atoms with Crippen molar-refractivity contribution in [2.45, 2.75) is 105 Å². The van der Waals surface area contributed by atoms with Crippen molar-refractivity contribution in [3.8, 4) is 16.5 Å². The van der Waals surface area contributed by atoms with Crippen molar-refractivity contribution in [2.75, 3.05) is 0 Å². The molecule has 0 atom stereocenters. The average Bonchev–Trinajstić information content (AvgIpc) is 2.60. The predicted octanol–water partition coefficient (Wildman–Crippen LogP) is 6.78. The van der Waals surface area contributed by atoms with Gasteiger partial charge in [0.15, 0.2) is 0 Å². The Labute approximate surface area is 208 Å². The second-order valence-corrected chi connectivity index (χ2v) is 14.6. The van der Waals surface area contributed by atoms with Crippen LogP contribution in [0.1, 0.15) is 105 Å². The van der Waals surface area contributed by atoms with E-state index in [2.05, 4.69) is 88.1 Å². The first-order valence-electron chi connectivity index (χ1n) is 11.5. The van der Waals surface area contributed by atoms with Crippen molar-refractivity contribution in [3.63, 3.8) is 0 Å². The molecule has 0 fully saturated rings. The van der Waals surface area contributed by atoms with E-state index in [0.717, 1.165) is 26.7 Å². The maximum absolute atomic E-state index is 10.5. The molecule has 0 heterocycles. The summed E-state index contributed by atoms with van der Waals surface area (Å²) in [6.07, 6.45) is 0. The topological polar surface area (TPSA) is 64.2 Å². The van der Waals surface area contributed by atoms with E-state index in [1.54, 1.807) is 0 Å². The summed E-state index contributed by atoms with van der Waals surface area (Å²) in [6, 6.07) is 10.00. The van der Waals surface area contributed by atoms with Crippen molar-refractivity contribution in [1.29, 1.82) is 5.26 Å². The number of hydrogen-bond acceptors (Lipinski definition) is 3. The molecule has 0 aromatic heterocycles. The van der Waals surface area contributed by atoms with Crippen LogP contribution in [0.2, 0.25) is 0 Å². The molecular weight excluding hydrogens is 473 g/mol. The second kappa shape index (κ2) is 10.1. The van der Waals surface area contributed by atoms with Gasteiger partial charge in [0.2, 0.25) is 0 Å². The normalized spacial score (nSPS) is 12.6. The Morgan fingerprint density at radius 1 is 0.606 bits per heavy atom. The summed E-state index contributed by atoms with van der Waals surface area (Å²) in [5.41, 5.74) is 3.66. The maximum atomic E-state index is 10.5. The van der Waals surface area contributed by atoms with Gasteiger partial charge in [0.25, 0.3) is 0 Å². The predicted molar refractivity (Wildman–Crippen MR) is 142 cm³/mol. The fourth-order valence-electron chi connectivity index (χ4n) is 3.62. The molecule has 33 heavy (non-hydrogen) atoms. The number of rotatable bonds is 1. The van der Waals surface area contributed by atoms with Crippen LogP contribution in [0, 0.1) is 10.2 Å². The number of phenolic OH excluding ortho intramolecular Hbond substituents is 2. The van der Waals surface area contributed by atoms with Crippen molar-refractivity contribution in [3.05, 3.63) is 52.6 Å². The van der Waals surface area contributed by atoms with Gasteiger partial charge in [0, 0.05) is 0 Å². The summed E-state index contributed by atoms with van der Waals surface area (Å²) in [6.45, 7) is 25.2. The molecule has 0 amide bonds. The SMILES string of the molecule is CC(C)(C)c1cc([Se]C#N)cc(C(C)(C)C)c1O.CC(C)(C)c1cccc(C(C)(C)C)c1O. The van der Waals surface area contributed by atoms with Gasteiger partial charge in [-0.1, -0.05) is 59.7 Å². The Morgan fingerprint density at radius 2 is 0.909 bits per heavy atom. The summed E-state index contributed by atoms with van der Waals surface area (Å²) >= 11 is -0.187. The molecule has 0 saturated heterocycles. The van der Waals surface area contributed by atoms with Crippen LogP contribution in [0.15, 0.2) is 30.3 Å². The zero-order chi connectivity index (χ0) is 26.0. The van der Waals surface area contributed by atoms with E-state index in [4.69, 9.17) is 5.26 Å². The zero-order valence-corrected chi connectivity index (χ0v) is 24.3. The van der Waals surface area contributed by atoms with Crippen molar-refractivity contribution in [2.24, 2.45) is 0 Å². The third-order valence-electron chi connectivity index (χ3n) is 5.52. The van der Waals surface area contributed by atoms with Crippen LogP contribution >= 0.6 is 0 Å². The zero-order valence-electron chi connectivity index (χ0n) is 22.6. The third-order valence-corrected chi connectivity index (χ3v) is 6.70. The van der Waals surface area contributed by atoms with Crippen molar-refractivity contribution < 1.29 is 10.2 Å². The summed E-state index contributed by atoms with van der Waals surface area (Å²) in [5.74, 6) is 0.838. The van der Waals surface area contributed by atoms with Gasteiger partial charge in [-0.15, -0.1) is 0 Å². The molecule has 0 aliphatic heterocycles. The Morgan fingerprint density at radius 3 is 1.18 bits per heavy atom. The van der Waals surface area contributed by atoms with E-state index in [-0.39, 0.29) is 36.6 Å². The van der Waals surface area contributed by atoms with E-state index in [9.17, 15) is 10.2 Å². The van der Waals surface area contributed by atoms with Crippen LogP contribution in [-0.4, -0.2) is 25.2 Å². The molecule has 2 N–H and O–H groups in total. The van der Waals surface area contributed by atoms with E-state index in [1.165, 1.54) is 0 Å². The molecule has 0 spiro atoms. The number of benzene rings is 2. The molecule has 182 valence electrons. The van der Waals surface area contributed by atoms with E-state index < -0.39 is 0 Å². The molecular formula is C29H43NO2Se. The number of phenols is 2. The monoisotopic (exact) mass is 517 g/mol. The minimum absolute atomic E-state index is 0.00859.